The molecule has 0 atom stereocenters. The van der Waals surface area contributed by atoms with Crippen molar-refractivity contribution < 1.29 is 9.18 Å². The molecule has 0 saturated heterocycles. The second kappa shape index (κ2) is 6.55. The number of hydrogen-bond donors (Lipinski definition) is 2. The predicted molar refractivity (Wildman–Crippen MR) is 77.2 cm³/mol. The van der Waals surface area contributed by atoms with Crippen LogP contribution in [0.3, 0.4) is 0 Å². The van der Waals surface area contributed by atoms with Crippen molar-refractivity contribution in [1.29, 1.82) is 0 Å². The Morgan fingerprint density at radius 3 is 2.58 bits per heavy atom. The van der Waals surface area contributed by atoms with Gasteiger partial charge in [0.25, 0.3) is 0 Å². The van der Waals surface area contributed by atoms with E-state index in [0.717, 1.165) is 25.7 Å². The third-order valence-electron chi connectivity index (χ3n) is 3.61. The van der Waals surface area contributed by atoms with Crippen LogP contribution in [0.2, 0.25) is 5.02 Å². The number of nitrogens with one attached hydrogen (secondary N) is 1. The minimum absolute atomic E-state index is 0. The summed E-state index contributed by atoms with van der Waals surface area (Å²) in [5.74, 6) is -0.660. The second-order valence-electron chi connectivity index (χ2n) is 4.77. The van der Waals surface area contributed by atoms with E-state index in [4.69, 9.17) is 17.3 Å². The van der Waals surface area contributed by atoms with Crippen molar-refractivity contribution in [2.45, 2.75) is 25.7 Å². The molecule has 1 amide bonds. The van der Waals surface area contributed by atoms with Crippen LogP contribution >= 0.6 is 24.0 Å². The molecule has 1 aromatic rings. The van der Waals surface area contributed by atoms with Gasteiger partial charge in [-0.3, -0.25) is 4.79 Å². The SMILES string of the molecule is Cl.NCC1(C(=O)Nc2ccc(Cl)c(F)c2)CCCC1. The highest BCUT2D eigenvalue weighted by Crippen LogP contribution is 2.38. The minimum Gasteiger partial charge on any atom is -0.329 e. The van der Waals surface area contributed by atoms with Gasteiger partial charge in [0.15, 0.2) is 0 Å². The number of anilines is 1. The monoisotopic (exact) mass is 306 g/mol. The van der Waals surface area contributed by atoms with Gasteiger partial charge in [0.1, 0.15) is 5.82 Å². The summed E-state index contributed by atoms with van der Waals surface area (Å²) in [4.78, 5) is 12.2. The average molecular weight is 307 g/mol. The van der Waals surface area contributed by atoms with Crippen LogP contribution < -0.4 is 11.1 Å². The molecule has 0 bridgehead atoms. The fourth-order valence-electron chi connectivity index (χ4n) is 2.41. The first kappa shape index (κ1) is 16.2. The summed E-state index contributed by atoms with van der Waals surface area (Å²) < 4.78 is 13.3. The molecular formula is C13H17Cl2FN2O. The Labute approximate surface area is 123 Å². The van der Waals surface area contributed by atoms with Crippen LogP contribution in [-0.4, -0.2) is 12.5 Å². The fourth-order valence-corrected chi connectivity index (χ4v) is 2.53. The summed E-state index contributed by atoms with van der Waals surface area (Å²) in [7, 11) is 0. The normalized spacial score (nSPS) is 16.8. The average Bonchev–Trinajstić information content (AvgIpc) is 2.84. The van der Waals surface area contributed by atoms with E-state index in [2.05, 4.69) is 5.32 Å². The molecule has 6 heteroatoms. The van der Waals surface area contributed by atoms with E-state index in [1.165, 1.54) is 12.1 Å². The maximum absolute atomic E-state index is 13.3. The molecule has 2 rings (SSSR count). The number of amides is 1. The molecule has 1 saturated carbocycles. The van der Waals surface area contributed by atoms with E-state index in [-0.39, 0.29) is 23.3 Å². The second-order valence-corrected chi connectivity index (χ2v) is 5.18. The van der Waals surface area contributed by atoms with E-state index in [1.807, 2.05) is 0 Å². The number of nitrogens with two attached hydrogens (primary N) is 1. The third kappa shape index (κ3) is 3.38. The lowest BCUT2D eigenvalue weighted by Gasteiger charge is -2.25. The van der Waals surface area contributed by atoms with Crippen molar-refractivity contribution in [3.05, 3.63) is 29.0 Å². The van der Waals surface area contributed by atoms with Crippen LogP contribution in [0.1, 0.15) is 25.7 Å². The quantitative estimate of drug-likeness (QED) is 0.899. The summed E-state index contributed by atoms with van der Waals surface area (Å²) in [6.45, 7) is 0.328. The smallest absolute Gasteiger partial charge is 0.231 e. The van der Waals surface area contributed by atoms with E-state index in [9.17, 15) is 9.18 Å². The van der Waals surface area contributed by atoms with Crippen LogP contribution in [0.15, 0.2) is 18.2 Å². The Morgan fingerprint density at radius 1 is 1.42 bits per heavy atom. The van der Waals surface area contributed by atoms with Gasteiger partial charge in [-0.05, 0) is 31.0 Å². The lowest BCUT2D eigenvalue weighted by molar-refractivity contribution is -0.124. The van der Waals surface area contributed by atoms with Gasteiger partial charge in [-0.2, -0.15) is 0 Å². The molecule has 3 nitrogen and oxygen atoms in total. The van der Waals surface area contributed by atoms with E-state index in [1.54, 1.807) is 6.07 Å². The van der Waals surface area contributed by atoms with Crippen LogP contribution in [0.25, 0.3) is 0 Å². The van der Waals surface area contributed by atoms with Crippen LogP contribution in [0, 0.1) is 11.2 Å². The lowest BCUT2D eigenvalue weighted by atomic mass is 9.85. The lowest BCUT2D eigenvalue weighted by Crippen LogP contribution is -2.40. The summed E-state index contributed by atoms with van der Waals surface area (Å²) in [5, 5.41) is 2.77. The van der Waals surface area contributed by atoms with Crippen LogP contribution in [0.4, 0.5) is 10.1 Å². The van der Waals surface area contributed by atoms with Gasteiger partial charge in [0.05, 0.1) is 10.4 Å². The van der Waals surface area contributed by atoms with Gasteiger partial charge in [-0.25, -0.2) is 4.39 Å². The number of halogens is 3. The summed E-state index contributed by atoms with van der Waals surface area (Å²) in [6, 6.07) is 4.23. The number of rotatable bonds is 3. The van der Waals surface area contributed by atoms with Crippen molar-refractivity contribution in [1.82, 2.24) is 0 Å². The molecule has 106 valence electrons. The Balaban J connectivity index is 0.00000180. The zero-order valence-corrected chi connectivity index (χ0v) is 12.0. The molecule has 0 heterocycles. The molecule has 0 radical (unpaired) electrons. The minimum atomic E-state index is -0.539. The number of carbonyl (C=O) groups excluding carboxylic acids is 1. The first-order valence-electron chi connectivity index (χ1n) is 6.04. The Kier molecular flexibility index (Phi) is 5.59. The Morgan fingerprint density at radius 2 is 2.05 bits per heavy atom. The molecule has 0 unspecified atom stereocenters. The molecule has 19 heavy (non-hydrogen) atoms. The van der Waals surface area contributed by atoms with Crippen molar-refractivity contribution in [2.24, 2.45) is 11.1 Å². The number of hydrogen-bond acceptors (Lipinski definition) is 2. The summed E-state index contributed by atoms with van der Waals surface area (Å²) >= 11 is 5.59. The molecule has 1 fully saturated rings. The predicted octanol–water partition coefficient (Wildman–Crippen LogP) is 3.36. The molecule has 1 aromatic carbocycles. The van der Waals surface area contributed by atoms with E-state index in [0.29, 0.717) is 12.2 Å². The molecule has 0 aliphatic heterocycles. The largest absolute Gasteiger partial charge is 0.329 e. The zero-order chi connectivity index (χ0) is 13.2. The topological polar surface area (TPSA) is 55.1 Å². The van der Waals surface area contributed by atoms with Gasteiger partial charge in [-0.15, -0.1) is 12.4 Å². The van der Waals surface area contributed by atoms with Gasteiger partial charge in [-0.1, -0.05) is 24.4 Å². The van der Waals surface area contributed by atoms with Crippen LogP contribution in [0.5, 0.6) is 0 Å². The maximum atomic E-state index is 13.3. The number of benzene rings is 1. The molecule has 1 aliphatic carbocycles. The van der Waals surface area contributed by atoms with Gasteiger partial charge in [0.2, 0.25) is 5.91 Å². The van der Waals surface area contributed by atoms with Gasteiger partial charge >= 0.3 is 0 Å². The molecular weight excluding hydrogens is 290 g/mol. The first-order valence-corrected chi connectivity index (χ1v) is 6.42. The first-order chi connectivity index (χ1) is 8.57. The molecule has 1 aliphatic rings. The molecule has 0 aromatic heterocycles. The standard InChI is InChI=1S/C13H16ClFN2O.ClH/c14-10-4-3-9(7-11(10)15)17-12(18)13(8-16)5-1-2-6-13;/h3-4,7H,1-2,5-6,8,16H2,(H,17,18);1H. The highest BCUT2D eigenvalue weighted by atomic mass is 35.5. The third-order valence-corrected chi connectivity index (χ3v) is 3.92. The fraction of sp³-hybridized carbons (Fsp3) is 0.462. The highest BCUT2D eigenvalue weighted by molar-refractivity contribution is 6.30. The van der Waals surface area contributed by atoms with Crippen molar-refractivity contribution in [3.8, 4) is 0 Å². The Hall–Kier alpha value is -0.840. The highest BCUT2D eigenvalue weighted by Gasteiger charge is 2.39. The van der Waals surface area contributed by atoms with Crippen LogP contribution in [-0.2, 0) is 4.79 Å². The number of carbonyl (C=O) groups is 1. The van der Waals surface area contributed by atoms with Crippen molar-refractivity contribution >= 4 is 35.6 Å². The summed E-state index contributed by atoms with van der Waals surface area (Å²) in [6.07, 6.45) is 3.62. The molecule has 3 N–H and O–H groups in total. The zero-order valence-electron chi connectivity index (χ0n) is 10.4. The van der Waals surface area contributed by atoms with Crippen molar-refractivity contribution in [3.63, 3.8) is 0 Å². The van der Waals surface area contributed by atoms with Gasteiger partial charge in [0, 0.05) is 12.2 Å². The van der Waals surface area contributed by atoms with Gasteiger partial charge < -0.3 is 11.1 Å². The van der Waals surface area contributed by atoms with E-state index < -0.39 is 11.2 Å². The summed E-state index contributed by atoms with van der Waals surface area (Å²) in [5.41, 5.74) is 5.65. The molecule has 0 spiro atoms. The maximum Gasteiger partial charge on any atom is 0.231 e. The van der Waals surface area contributed by atoms with E-state index >= 15 is 0 Å². The Bertz CT molecular complexity index is 462. The van der Waals surface area contributed by atoms with Crippen molar-refractivity contribution in [2.75, 3.05) is 11.9 Å².